The molecule has 23 heavy (non-hydrogen) atoms. The number of hydrogen-bond donors (Lipinski definition) is 1. The van der Waals surface area contributed by atoms with Crippen LogP contribution in [0.4, 0.5) is 5.69 Å². The molecule has 0 saturated heterocycles. The molecule has 122 valence electrons. The summed E-state index contributed by atoms with van der Waals surface area (Å²) in [6.07, 6.45) is 2.65. The summed E-state index contributed by atoms with van der Waals surface area (Å²) < 4.78 is 11.2. The van der Waals surface area contributed by atoms with Crippen molar-refractivity contribution in [2.75, 3.05) is 12.5 Å². The van der Waals surface area contributed by atoms with Gasteiger partial charge in [0.1, 0.15) is 0 Å². The highest BCUT2D eigenvalue weighted by Gasteiger charge is 2.13. The summed E-state index contributed by atoms with van der Waals surface area (Å²) in [6, 6.07) is 13.4. The number of halogens is 1. The smallest absolute Gasteiger partial charge is 0.180 e. The average molecular weight is 333 g/mol. The van der Waals surface area contributed by atoms with Crippen molar-refractivity contribution in [1.82, 2.24) is 0 Å². The van der Waals surface area contributed by atoms with E-state index in [4.69, 9.17) is 21.1 Å². The lowest BCUT2D eigenvalue weighted by Gasteiger charge is -2.17. The Bertz CT molecular complexity index is 660. The number of anilines is 1. The summed E-state index contributed by atoms with van der Waals surface area (Å²) >= 11 is 6.32. The van der Waals surface area contributed by atoms with Crippen molar-refractivity contribution >= 4 is 23.5 Å². The Morgan fingerprint density at radius 2 is 2.00 bits per heavy atom. The maximum absolute atomic E-state index is 6.32. The van der Waals surface area contributed by atoms with Crippen LogP contribution in [0.1, 0.15) is 25.8 Å². The first kappa shape index (κ1) is 17.2. The van der Waals surface area contributed by atoms with Gasteiger partial charge in [-0.05, 0) is 43.2 Å². The lowest BCUT2D eigenvalue weighted by atomic mass is 10.2. The Balaban J connectivity index is 2.15. The number of benzene rings is 2. The molecule has 0 amide bonds. The molecular formula is C18H21ClN2O2. The second-order valence-electron chi connectivity index (χ2n) is 5.11. The molecule has 1 atom stereocenters. The zero-order valence-electron chi connectivity index (χ0n) is 13.5. The number of ether oxygens (including phenoxy) is 2. The monoisotopic (exact) mass is 332 g/mol. The van der Waals surface area contributed by atoms with E-state index in [1.807, 2.05) is 43.3 Å². The van der Waals surface area contributed by atoms with Crippen LogP contribution in [0.2, 0.25) is 5.02 Å². The van der Waals surface area contributed by atoms with Crippen LogP contribution in [0.3, 0.4) is 0 Å². The van der Waals surface area contributed by atoms with Crippen LogP contribution in [-0.2, 0) is 0 Å². The molecule has 0 aliphatic heterocycles. The van der Waals surface area contributed by atoms with Gasteiger partial charge in [0.15, 0.2) is 11.5 Å². The minimum atomic E-state index is 0.0701. The zero-order valence-corrected chi connectivity index (χ0v) is 14.3. The first-order chi connectivity index (χ1) is 11.1. The number of hydrogen-bond acceptors (Lipinski definition) is 4. The van der Waals surface area contributed by atoms with Gasteiger partial charge >= 0.3 is 0 Å². The maximum atomic E-state index is 6.32. The van der Waals surface area contributed by atoms with E-state index in [1.54, 1.807) is 19.4 Å². The second kappa shape index (κ2) is 8.44. The van der Waals surface area contributed by atoms with Crippen LogP contribution in [0.25, 0.3) is 0 Å². The largest absolute Gasteiger partial charge is 0.493 e. The van der Waals surface area contributed by atoms with Crippen LogP contribution < -0.4 is 14.9 Å². The molecule has 0 bridgehead atoms. The molecule has 4 nitrogen and oxygen atoms in total. The molecular weight excluding hydrogens is 312 g/mol. The molecule has 0 aliphatic carbocycles. The quantitative estimate of drug-likeness (QED) is 0.575. The average Bonchev–Trinajstić information content (AvgIpc) is 2.57. The van der Waals surface area contributed by atoms with Gasteiger partial charge in [-0.2, -0.15) is 5.10 Å². The van der Waals surface area contributed by atoms with Crippen LogP contribution >= 0.6 is 11.6 Å². The van der Waals surface area contributed by atoms with E-state index in [0.29, 0.717) is 16.5 Å². The number of methoxy groups -OCH3 is 1. The zero-order chi connectivity index (χ0) is 16.7. The molecule has 0 aromatic heterocycles. The lowest BCUT2D eigenvalue weighted by Crippen LogP contribution is -2.11. The number of hydrazone groups is 1. The van der Waals surface area contributed by atoms with Crippen molar-refractivity contribution in [3.63, 3.8) is 0 Å². The topological polar surface area (TPSA) is 42.8 Å². The normalized spacial score (nSPS) is 12.2. The molecule has 2 aromatic carbocycles. The summed E-state index contributed by atoms with van der Waals surface area (Å²) in [6.45, 7) is 4.05. The van der Waals surface area contributed by atoms with Gasteiger partial charge in [0.05, 0.1) is 30.1 Å². The van der Waals surface area contributed by atoms with Gasteiger partial charge in [-0.15, -0.1) is 0 Å². The maximum Gasteiger partial charge on any atom is 0.180 e. The summed E-state index contributed by atoms with van der Waals surface area (Å²) in [7, 11) is 1.60. The molecule has 5 heteroatoms. The van der Waals surface area contributed by atoms with Crippen molar-refractivity contribution in [1.29, 1.82) is 0 Å². The molecule has 0 radical (unpaired) electrons. The van der Waals surface area contributed by atoms with E-state index in [-0.39, 0.29) is 6.10 Å². The van der Waals surface area contributed by atoms with Crippen molar-refractivity contribution in [2.24, 2.45) is 5.10 Å². The molecule has 2 aromatic rings. The minimum absolute atomic E-state index is 0.0701. The third kappa shape index (κ3) is 4.89. The van der Waals surface area contributed by atoms with Crippen LogP contribution in [0.15, 0.2) is 47.6 Å². The second-order valence-corrected chi connectivity index (χ2v) is 5.51. The lowest BCUT2D eigenvalue weighted by molar-refractivity contribution is 0.208. The van der Waals surface area contributed by atoms with E-state index >= 15 is 0 Å². The van der Waals surface area contributed by atoms with Gasteiger partial charge in [0, 0.05) is 0 Å². The van der Waals surface area contributed by atoms with Gasteiger partial charge in [-0.3, -0.25) is 5.43 Å². The summed E-state index contributed by atoms with van der Waals surface area (Å²) in [4.78, 5) is 0. The highest BCUT2D eigenvalue weighted by molar-refractivity contribution is 6.32. The minimum Gasteiger partial charge on any atom is -0.493 e. The fourth-order valence-electron chi connectivity index (χ4n) is 1.91. The fourth-order valence-corrected chi connectivity index (χ4v) is 2.17. The van der Waals surface area contributed by atoms with Gasteiger partial charge < -0.3 is 9.47 Å². The first-order valence-electron chi connectivity index (χ1n) is 7.52. The number of para-hydroxylation sites is 1. The van der Waals surface area contributed by atoms with E-state index in [1.165, 1.54) is 0 Å². The Morgan fingerprint density at radius 3 is 2.65 bits per heavy atom. The molecule has 0 aliphatic rings. The van der Waals surface area contributed by atoms with E-state index in [9.17, 15) is 0 Å². The van der Waals surface area contributed by atoms with Crippen molar-refractivity contribution in [3.8, 4) is 11.5 Å². The molecule has 1 N–H and O–H groups in total. The van der Waals surface area contributed by atoms with Gasteiger partial charge in [-0.25, -0.2) is 0 Å². The highest BCUT2D eigenvalue weighted by atomic mass is 35.5. The number of rotatable bonds is 7. The molecule has 0 saturated carbocycles. The van der Waals surface area contributed by atoms with Gasteiger partial charge in [0.2, 0.25) is 0 Å². The predicted molar refractivity (Wildman–Crippen MR) is 96.0 cm³/mol. The predicted octanol–water partition coefficient (Wildman–Crippen LogP) is 4.97. The molecule has 0 spiro atoms. The molecule has 2 rings (SSSR count). The SMILES string of the molecule is CC[C@@H](C)Oc1c(Cl)cc(/C=N\Nc2ccccc2)cc1OC. The summed E-state index contributed by atoms with van der Waals surface area (Å²) in [5.41, 5.74) is 4.70. The Labute approximate surface area is 142 Å². The summed E-state index contributed by atoms with van der Waals surface area (Å²) in [5, 5.41) is 4.71. The third-order valence-electron chi connectivity index (χ3n) is 3.33. The Morgan fingerprint density at radius 1 is 1.26 bits per heavy atom. The third-order valence-corrected chi connectivity index (χ3v) is 3.61. The fraction of sp³-hybridized carbons (Fsp3) is 0.278. The van der Waals surface area contributed by atoms with Crippen molar-refractivity contribution in [2.45, 2.75) is 26.4 Å². The van der Waals surface area contributed by atoms with E-state index < -0.39 is 0 Å². The van der Waals surface area contributed by atoms with Gasteiger partial charge in [0.25, 0.3) is 0 Å². The van der Waals surface area contributed by atoms with E-state index in [0.717, 1.165) is 17.7 Å². The van der Waals surface area contributed by atoms with Crippen LogP contribution in [-0.4, -0.2) is 19.4 Å². The first-order valence-corrected chi connectivity index (χ1v) is 7.90. The number of nitrogens with one attached hydrogen (secondary N) is 1. The number of nitrogens with zero attached hydrogens (tertiary/aromatic N) is 1. The van der Waals surface area contributed by atoms with E-state index in [2.05, 4.69) is 17.5 Å². The van der Waals surface area contributed by atoms with Gasteiger partial charge in [-0.1, -0.05) is 36.7 Å². The molecule has 0 unspecified atom stereocenters. The van der Waals surface area contributed by atoms with Crippen molar-refractivity contribution < 1.29 is 9.47 Å². The van der Waals surface area contributed by atoms with Crippen molar-refractivity contribution in [3.05, 3.63) is 53.1 Å². The standard InChI is InChI=1S/C18H21ClN2O2/c1-4-13(2)23-18-16(19)10-14(11-17(18)22-3)12-20-21-15-8-6-5-7-9-15/h5-13,21H,4H2,1-3H3/b20-12-/t13-/m1/s1. The van der Waals surface area contributed by atoms with Crippen LogP contribution in [0, 0.1) is 0 Å². The highest BCUT2D eigenvalue weighted by Crippen LogP contribution is 2.37. The van der Waals surface area contributed by atoms with Crippen LogP contribution in [0.5, 0.6) is 11.5 Å². The Hall–Kier alpha value is -2.20. The Kier molecular flexibility index (Phi) is 6.29. The summed E-state index contributed by atoms with van der Waals surface area (Å²) in [5.74, 6) is 1.16. The molecule has 0 heterocycles. The molecule has 0 fully saturated rings.